The fourth-order valence-corrected chi connectivity index (χ4v) is 5.58. The Bertz CT molecular complexity index is 1210. The molecule has 3 heterocycles. The molecule has 0 atom stereocenters. The van der Waals surface area contributed by atoms with Gasteiger partial charge in [-0.3, -0.25) is 9.48 Å². The van der Waals surface area contributed by atoms with Crippen LogP contribution < -0.4 is 10.2 Å². The average molecular weight is 559 g/mol. The summed E-state index contributed by atoms with van der Waals surface area (Å²) in [7, 11) is 0.171. The van der Waals surface area contributed by atoms with Gasteiger partial charge < -0.3 is 14.6 Å². The number of anilines is 2. The predicted octanol–water partition coefficient (Wildman–Crippen LogP) is 6.22. The number of carbonyl (C=O) groups excluding carboxylic acids is 1. The van der Waals surface area contributed by atoms with Crippen LogP contribution in [0.3, 0.4) is 0 Å². The molecule has 188 valence electrons. The highest BCUT2D eigenvalue weighted by Crippen LogP contribution is 2.38. The van der Waals surface area contributed by atoms with Gasteiger partial charge in [0.25, 0.3) is 5.91 Å². The molecular formula is C26H36BrN5O2Si. The van der Waals surface area contributed by atoms with Crippen LogP contribution in [0.15, 0.2) is 41.1 Å². The number of pyridine rings is 1. The Hall–Kier alpha value is -2.23. The van der Waals surface area contributed by atoms with Crippen molar-refractivity contribution in [3.8, 4) is 0 Å². The van der Waals surface area contributed by atoms with Crippen molar-refractivity contribution in [2.75, 3.05) is 29.9 Å². The molecule has 1 amide bonds. The van der Waals surface area contributed by atoms with Gasteiger partial charge in [-0.15, -0.1) is 0 Å². The number of fused-ring (bicyclic) bond motifs is 1. The van der Waals surface area contributed by atoms with E-state index in [9.17, 15) is 4.79 Å². The Morgan fingerprint density at radius 2 is 1.94 bits per heavy atom. The summed E-state index contributed by atoms with van der Waals surface area (Å²) in [5.41, 5.74) is 3.08. The molecule has 35 heavy (non-hydrogen) atoms. The SMILES string of the molecule is Cn1cc2cc(NC(=O)c3cccc(Br)n3)c(N3CCC(CO[Si](C)(C)C(C)(C)C)CC3)cc2n1. The first-order chi connectivity index (χ1) is 16.4. The van der Waals surface area contributed by atoms with E-state index in [2.05, 4.69) is 76.2 Å². The van der Waals surface area contributed by atoms with E-state index in [-0.39, 0.29) is 10.9 Å². The summed E-state index contributed by atoms with van der Waals surface area (Å²) in [6, 6.07) is 9.44. The normalized spacial score (nSPS) is 15.6. The third kappa shape index (κ3) is 5.95. The van der Waals surface area contributed by atoms with E-state index in [4.69, 9.17) is 4.43 Å². The number of amides is 1. The van der Waals surface area contributed by atoms with E-state index in [1.165, 1.54) is 0 Å². The zero-order chi connectivity index (χ0) is 25.4. The Kier molecular flexibility index (Phi) is 7.40. The van der Waals surface area contributed by atoms with Gasteiger partial charge in [0.05, 0.1) is 16.9 Å². The maximum absolute atomic E-state index is 13.0. The maximum atomic E-state index is 13.0. The number of aromatic nitrogens is 3. The lowest BCUT2D eigenvalue weighted by atomic mass is 9.97. The van der Waals surface area contributed by atoms with Gasteiger partial charge in [-0.2, -0.15) is 5.10 Å². The molecule has 0 bridgehead atoms. The first kappa shape index (κ1) is 25.8. The largest absolute Gasteiger partial charge is 0.417 e. The van der Waals surface area contributed by atoms with Crippen LogP contribution in [-0.2, 0) is 11.5 Å². The van der Waals surface area contributed by atoms with Gasteiger partial charge in [-0.1, -0.05) is 26.8 Å². The summed E-state index contributed by atoms with van der Waals surface area (Å²) in [6.07, 6.45) is 4.10. The van der Waals surface area contributed by atoms with Crippen molar-refractivity contribution in [2.24, 2.45) is 13.0 Å². The van der Waals surface area contributed by atoms with Gasteiger partial charge in [0, 0.05) is 38.3 Å². The van der Waals surface area contributed by atoms with Crippen molar-refractivity contribution in [1.82, 2.24) is 14.8 Å². The van der Waals surface area contributed by atoms with Crippen LogP contribution in [0.5, 0.6) is 0 Å². The number of nitrogens with one attached hydrogen (secondary N) is 1. The van der Waals surface area contributed by atoms with Crippen LogP contribution in [0.1, 0.15) is 44.1 Å². The first-order valence-electron chi connectivity index (χ1n) is 12.2. The van der Waals surface area contributed by atoms with Crippen molar-refractivity contribution in [3.05, 3.63) is 46.8 Å². The number of carbonyl (C=O) groups is 1. The van der Waals surface area contributed by atoms with Crippen molar-refractivity contribution in [3.63, 3.8) is 0 Å². The maximum Gasteiger partial charge on any atom is 0.274 e. The number of nitrogens with zero attached hydrogens (tertiary/aromatic N) is 4. The fraction of sp³-hybridized carbons (Fsp3) is 0.500. The summed E-state index contributed by atoms with van der Waals surface area (Å²) in [6.45, 7) is 14.2. The third-order valence-electron chi connectivity index (χ3n) is 7.37. The number of hydrogen-bond donors (Lipinski definition) is 1. The number of halogens is 1. The van der Waals surface area contributed by atoms with Crippen molar-refractivity contribution in [1.29, 1.82) is 0 Å². The molecule has 0 saturated carbocycles. The minimum atomic E-state index is -1.74. The number of hydrogen-bond acceptors (Lipinski definition) is 5. The number of piperidine rings is 1. The Morgan fingerprint density at radius 1 is 1.23 bits per heavy atom. The molecule has 4 rings (SSSR count). The topological polar surface area (TPSA) is 72.3 Å². The van der Waals surface area contributed by atoms with E-state index >= 15 is 0 Å². The van der Waals surface area contributed by atoms with Gasteiger partial charge >= 0.3 is 0 Å². The van der Waals surface area contributed by atoms with E-state index in [0.29, 0.717) is 16.2 Å². The minimum Gasteiger partial charge on any atom is -0.417 e. The highest BCUT2D eigenvalue weighted by atomic mass is 79.9. The zero-order valence-corrected chi connectivity index (χ0v) is 24.1. The van der Waals surface area contributed by atoms with Gasteiger partial charge in [-0.05, 0) is 77.1 Å². The van der Waals surface area contributed by atoms with Crippen molar-refractivity contribution in [2.45, 2.75) is 51.7 Å². The lowest BCUT2D eigenvalue weighted by Gasteiger charge is -2.39. The quantitative estimate of drug-likeness (QED) is 0.287. The number of rotatable bonds is 6. The van der Waals surface area contributed by atoms with E-state index < -0.39 is 8.32 Å². The molecule has 9 heteroatoms. The lowest BCUT2D eigenvalue weighted by molar-refractivity contribution is 0.102. The average Bonchev–Trinajstić information content (AvgIpc) is 3.15. The molecule has 2 aromatic heterocycles. The van der Waals surface area contributed by atoms with Crippen LogP contribution >= 0.6 is 15.9 Å². The molecule has 0 aliphatic carbocycles. The first-order valence-corrected chi connectivity index (χ1v) is 15.9. The molecule has 1 aliphatic heterocycles. The summed E-state index contributed by atoms with van der Waals surface area (Å²) in [5, 5.41) is 8.92. The molecule has 0 unspecified atom stereocenters. The van der Waals surface area contributed by atoms with Gasteiger partial charge in [0.2, 0.25) is 0 Å². The van der Waals surface area contributed by atoms with Crippen LogP contribution in [-0.4, -0.2) is 48.7 Å². The Morgan fingerprint density at radius 3 is 2.60 bits per heavy atom. The summed E-state index contributed by atoms with van der Waals surface area (Å²) >= 11 is 3.35. The Labute approximate surface area is 217 Å². The van der Waals surface area contributed by atoms with Crippen molar-refractivity contribution >= 4 is 52.4 Å². The predicted molar refractivity (Wildman–Crippen MR) is 149 cm³/mol. The molecule has 1 N–H and O–H groups in total. The lowest BCUT2D eigenvalue weighted by Crippen LogP contribution is -2.43. The molecule has 7 nitrogen and oxygen atoms in total. The molecule has 0 radical (unpaired) electrons. The van der Waals surface area contributed by atoms with Gasteiger partial charge in [-0.25, -0.2) is 4.98 Å². The van der Waals surface area contributed by atoms with Crippen molar-refractivity contribution < 1.29 is 9.22 Å². The molecule has 1 aliphatic rings. The molecule has 1 saturated heterocycles. The summed E-state index contributed by atoms with van der Waals surface area (Å²) in [5.74, 6) is 0.330. The molecule has 1 fully saturated rings. The number of aryl methyl sites for hydroxylation is 1. The number of benzene rings is 1. The fourth-order valence-electron chi connectivity index (χ4n) is 4.15. The molecule has 1 aromatic carbocycles. The molecular weight excluding hydrogens is 522 g/mol. The smallest absolute Gasteiger partial charge is 0.274 e. The second-order valence-corrected chi connectivity index (χ2v) is 16.7. The van der Waals surface area contributed by atoms with Crippen LogP contribution in [0.2, 0.25) is 18.1 Å². The summed E-state index contributed by atoms with van der Waals surface area (Å²) < 4.78 is 8.95. The standard InChI is InChI=1S/C26H36BrN5O2Si/c1-26(2,3)35(5,6)34-17-18-10-12-32(13-11-18)23-15-21-19(16-31(4)30-21)14-22(23)29-25(33)20-8-7-9-24(27)28-20/h7-9,14-16,18H,10-13,17H2,1-6H3,(H,29,33). The van der Waals surface area contributed by atoms with E-state index in [1.54, 1.807) is 10.7 Å². The minimum absolute atomic E-state index is 0.224. The second kappa shape index (κ2) is 10.0. The van der Waals surface area contributed by atoms with Gasteiger partial charge in [0.1, 0.15) is 10.3 Å². The highest BCUT2D eigenvalue weighted by Gasteiger charge is 2.38. The second-order valence-electron chi connectivity index (χ2n) is 11.0. The third-order valence-corrected chi connectivity index (χ3v) is 12.3. The van der Waals surface area contributed by atoms with Crippen LogP contribution in [0.4, 0.5) is 11.4 Å². The highest BCUT2D eigenvalue weighted by molar-refractivity contribution is 9.10. The monoisotopic (exact) mass is 557 g/mol. The van der Waals surface area contributed by atoms with E-state index in [0.717, 1.165) is 54.8 Å². The van der Waals surface area contributed by atoms with E-state index in [1.807, 2.05) is 31.4 Å². The Balaban J connectivity index is 1.51. The van der Waals surface area contributed by atoms with Crippen LogP contribution in [0.25, 0.3) is 10.9 Å². The zero-order valence-electron chi connectivity index (χ0n) is 21.6. The van der Waals surface area contributed by atoms with Gasteiger partial charge in [0.15, 0.2) is 8.32 Å². The summed E-state index contributed by atoms with van der Waals surface area (Å²) in [4.78, 5) is 19.7. The molecule has 0 spiro atoms. The molecule has 3 aromatic rings. The van der Waals surface area contributed by atoms with Crippen LogP contribution in [0, 0.1) is 5.92 Å².